The first-order chi connectivity index (χ1) is 31.2. The van der Waals surface area contributed by atoms with Crippen LogP contribution in [0.4, 0.5) is 0 Å². The number of aromatic nitrogens is 2. The van der Waals surface area contributed by atoms with Crippen LogP contribution in [-0.4, -0.2) is 8.80 Å². The number of rotatable bonds is 4. The van der Waals surface area contributed by atoms with E-state index >= 15 is 0 Å². The van der Waals surface area contributed by atoms with Gasteiger partial charge in [-0.15, -0.1) is 0 Å². The largest absolute Gasteiger partial charge is 0.308 e. The monoisotopic (exact) mass is 825 g/mol. The van der Waals surface area contributed by atoms with E-state index in [1.54, 1.807) is 11.1 Å². The summed E-state index contributed by atoms with van der Waals surface area (Å²) in [6, 6.07) is 43.6. The molecule has 0 spiro atoms. The molecule has 5 aliphatic carbocycles. The van der Waals surface area contributed by atoms with Gasteiger partial charge in [-0.05, 0) is 165 Å². The number of nitriles is 1. The lowest BCUT2D eigenvalue weighted by Gasteiger charge is -2.43. The third-order valence-electron chi connectivity index (χ3n) is 18.2. The highest BCUT2D eigenvalue weighted by molar-refractivity contribution is 6.30. The van der Waals surface area contributed by atoms with Gasteiger partial charge in [-0.3, -0.25) is 0 Å². The van der Waals surface area contributed by atoms with E-state index < -0.39 is 0 Å². The molecule has 64 heavy (non-hydrogen) atoms. The molecule has 0 saturated heterocycles. The molecule has 4 heterocycles. The van der Waals surface area contributed by atoms with E-state index in [2.05, 4.69) is 160 Å². The maximum Gasteiger partial charge on any atom is 0.0995 e. The van der Waals surface area contributed by atoms with Crippen molar-refractivity contribution >= 4 is 76.2 Å². The van der Waals surface area contributed by atoms with Crippen LogP contribution in [0, 0.1) is 11.3 Å². The summed E-state index contributed by atoms with van der Waals surface area (Å²) in [6.07, 6.45) is 7.38. The van der Waals surface area contributed by atoms with Crippen molar-refractivity contribution in [3.8, 4) is 6.07 Å². The fourth-order valence-corrected chi connectivity index (χ4v) is 15.1. The van der Waals surface area contributed by atoms with Crippen LogP contribution >= 0.6 is 0 Å². The van der Waals surface area contributed by atoms with Crippen LogP contribution in [0.2, 0.25) is 0 Å². The summed E-state index contributed by atoms with van der Waals surface area (Å²) >= 11 is 0. The normalized spacial score (nSPS) is 20.0. The summed E-state index contributed by atoms with van der Waals surface area (Å²) in [7, 11) is 0. The average Bonchev–Trinajstić information content (AvgIpc) is 4.18. The molecule has 0 amide bonds. The highest BCUT2D eigenvalue weighted by atomic mass is 14.9. The van der Waals surface area contributed by atoms with Crippen molar-refractivity contribution in [3.63, 3.8) is 0 Å². The summed E-state index contributed by atoms with van der Waals surface area (Å²) in [5, 5.41) is 22.2. The molecular formula is C61H51N3. The van der Waals surface area contributed by atoms with Crippen molar-refractivity contribution in [3.05, 3.63) is 164 Å². The van der Waals surface area contributed by atoms with E-state index in [4.69, 9.17) is 0 Å². The van der Waals surface area contributed by atoms with E-state index in [1.165, 1.54) is 134 Å². The molecule has 0 radical (unpaired) electrons. The van der Waals surface area contributed by atoms with Crippen molar-refractivity contribution in [1.82, 2.24) is 8.80 Å². The van der Waals surface area contributed by atoms with Gasteiger partial charge < -0.3 is 8.80 Å². The predicted octanol–water partition coefficient (Wildman–Crippen LogP) is 16.0. The Kier molecular flexibility index (Phi) is 6.56. The molecule has 4 aromatic heterocycles. The topological polar surface area (TPSA) is 32.6 Å². The zero-order valence-corrected chi connectivity index (χ0v) is 37.7. The van der Waals surface area contributed by atoms with Gasteiger partial charge in [0.25, 0.3) is 0 Å². The second kappa shape index (κ2) is 11.7. The SMILES string of the molecule is CCC(CC)(CC)c1cc2c3cc4c(cc3n3c5ccc6c(c5c(c1)c23)C1CCC6C1)c1cc(C(C)(C)C)cc2c3c5c(c(C#N)cc3n4c12)C1c2ccccc2C5c2ccccc21. The summed E-state index contributed by atoms with van der Waals surface area (Å²) in [5.41, 5.74) is 22.8. The Hall–Kier alpha value is -6.37. The highest BCUT2D eigenvalue weighted by Crippen LogP contribution is 2.61. The van der Waals surface area contributed by atoms with Crippen molar-refractivity contribution in [2.24, 2.45) is 0 Å². The van der Waals surface area contributed by atoms with E-state index in [1.807, 2.05) is 0 Å². The third-order valence-corrected chi connectivity index (χ3v) is 18.2. The van der Waals surface area contributed by atoms with E-state index in [-0.39, 0.29) is 22.7 Å². The summed E-state index contributed by atoms with van der Waals surface area (Å²) < 4.78 is 5.25. The van der Waals surface area contributed by atoms with Crippen LogP contribution in [-0.2, 0) is 10.8 Å². The first-order valence-corrected chi connectivity index (χ1v) is 24.3. The molecule has 310 valence electrons. The molecule has 1 saturated carbocycles. The van der Waals surface area contributed by atoms with Crippen molar-refractivity contribution in [2.45, 2.75) is 115 Å². The molecule has 0 aliphatic heterocycles. The number of nitrogens with zero attached hydrogens (tertiary/aromatic N) is 3. The molecule has 3 nitrogen and oxygen atoms in total. The number of hydrogen-bond donors (Lipinski definition) is 0. The minimum Gasteiger partial charge on any atom is -0.308 e. The van der Waals surface area contributed by atoms with Gasteiger partial charge in [0.2, 0.25) is 0 Å². The summed E-state index contributed by atoms with van der Waals surface area (Å²) in [5.74, 6) is 1.49. The van der Waals surface area contributed by atoms with Crippen LogP contribution < -0.4 is 0 Å². The standard InChI is InChI=1S/C61H51N3/c1-7-61(8-2,9-3)35-26-44-42-29-49-41(28-48(42)63-47-21-20-36-31-18-19-32(22-31)51(36)55(47)46(27-35)58(44)63)43-24-34(60(4,5)6)25-45-56-50(64(49)59(43)45)23-33(30-62)52-53-37-14-10-12-16-39(37)54(57(52)56)40-17-13-11-15-38(40)53/h10-17,20-21,23-29,31-32,53-54H,7-9,18-19,22H2,1-6H3. The fourth-order valence-electron chi connectivity index (χ4n) is 15.1. The molecule has 2 atom stereocenters. The molecule has 1 fully saturated rings. The second-order valence-electron chi connectivity index (χ2n) is 21.5. The Balaban J connectivity index is 1.13. The second-order valence-corrected chi connectivity index (χ2v) is 21.5. The van der Waals surface area contributed by atoms with Gasteiger partial charge in [0.1, 0.15) is 0 Å². The number of hydrogen-bond acceptors (Lipinski definition) is 1. The Morgan fingerprint density at radius 3 is 1.61 bits per heavy atom. The number of benzene rings is 7. The molecule has 7 aromatic carbocycles. The highest BCUT2D eigenvalue weighted by Gasteiger charge is 2.45. The van der Waals surface area contributed by atoms with Crippen LogP contribution in [0.25, 0.3) is 76.2 Å². The molecule has 3 heteroatoms. The lowest BCUT2D eigenvalue weighted by molar-refractivity contribution is 0.382. The van der Waals surface area contributed by atoms with Crippen LogP contribution in [0.15, 0.2) is 103 Å². The average molecular weight is 826 g/mol. The van der Waals surface area contributed by atoms with Crippen molar-refractivity contribution in [1.29, 1.82) is 5.26 Å². The minimum absolute atomic E-state index is 0.0331. The quantitative estimate of drug-likeness (QED) is 0.174. The van der Waals surface area contributed by atoms with Gasteiger partial charge in [-0.25, -0.2) is 0 Å². The minimum atomic E-state index is -0.0665. The first-order valence-electron chi connectivity index (χ1n) is 24.3. The van der Waals surface area contributed by atoms with Crippen LogP contribution in [0.3, 0.4) is 0 Å². The van der Waals surface area contributed by atoms with Crippen LogP contribution in [0.5, 0.6) is 0 Å². The van der Waals surface area contributed by atoms with E-state index in [0.717, 1.165) is 36.3 Å². The van der Waals surface area contributed by atoms with Gasteiger partial charge in [0.15, 0.2) is 0 Å². The smallest absolute Gasteiger partial charge is 0.0995 e. The van der Waals surface area contributed by atoms with Crippen molar-refractivity contribution in [2.75, 3.05) is 0 Å². The lowest BCUT2D eigenvalue weighted by atomic mass is 9.59. The van der Waals surface area contributed by atoms with Gasteiger partial charge >= 0.3 is 0 Å². The Bertz CT molecular complexity index is 3910. The lowest BCUT2D eigenvalue weighted by Crippen LogP contribution is -2.28. The molecule has 5 aliphatic rings. The molecule has 0 N–H and O–H groups in total. The Morgan fingerprint density at radius 1 is 0.516 bits per heavy atom. The zero-order chi connectivity index (χ0) is 42.9. The first kappa shape index (κ1) is 36.0. The maximum atomic E-state index is 11.2. The van der Waals surface area contributed by atoms with Gasteiger partial charge in [0.05, 0.1) is 44.7 Å². The Morgan fingerprint density at radius 2 is 1.03 bits per heavy atom. The third kappa shape index (κ3) is 3.96. The summed E-state index contributed by atoms with van der Waals surface area (Å²) in [6.45, 7) is 14.3. The van der Waals surface area contributed by atoms with Crippen molar-refractivity contribution < 1.29 is 0 Å². The van der Waals surface area contributed by atoms with Gasteiger partial charge in [-0.1, -0.05) is 96.1 Å². The molecule has 2 unspecified atom stereocenters. The number of fused-ring (bicyclic) bond motifs is 18. The van der Waals surface area contributed by atoms with E-state index in [9.17, 15) is 5.26 Å². The molecule has 11 aromatic rings. The maximum absolute atomic E-state index is 11.2. The van der Waals surface area contributed by atoms with Gasteiger partial charge in [0, 0.05) is 54.9 Å². The Labute approximate surface area is 373 Å². The zero-order valence-electron chi connectivity index (χ0n) is 37.7. The van der Waals surface area contributed by atoms with E-state index in [0.29, 0.717) is 5.92 Å². The summed E-state index contributed by atoms with van der Waals surface area (Å²) in [4.78, 5) is 0. The molecule has 4 bridgehead atoms. The predicted molar refractivity (Wildman–Crippen MR) is 266 cm³/mol. The molecule has 16 rings (SSSR count). The van der Waals surface area contributed by atoms with Gasteiger partial charge in [-0.2, -0.15) is 5.26 Å². The molecular weight excluding hydrogens is 775 g/mol. The van der Waals surface area contributed by atoms with Crippen LogP contribution in [0.1, 0.15) is 165 Å². The fraction of sp³-hybridized carbons (Fsp3) is 0.295.